The first kappa shape index (κ1) is 13.6. The molecule has 0 aromatic heterocycles. The molecule has 1 heterocycles. The second-order valence-electron chi connectivity index (χ2n) is 6.25. The Hall–Kier alpha value is -1.84. The van der Waals surface area contributed by atoms with Gasteiger partial charge in [0.05, 0.1) is 0 Å². The second-order valence-corrected chi connectivity index (χ2v) is 6.25. The molecule has 1 aliphatic heterocycles. The quantitative estimate of drug-likeness (QED) is 0.882. The lowest BCUT2D eigenvalue weighted by Crippen LogP contribution is -2.46. The van der Waals surface area contributed by atoms with Crippen LogP contribution in [0.5, 0.6) is 0 Å². The third kappa shape index (κ3) is 2.78. The van der Waals surface area contributed by atoms with Crippen LogP contribution in [0.4, 0.5) is 5.69 Å². The van der Waals surface area contributed by atoms with Crippen LogP contribution < -0.4 is 10.6 Å². The number of primary amides is 1. The SMILES string of the molecule is CC(C)(C)CC(=O)N1c2ccccc2CC1C(N)=O. The van der Waals surface area contributed by atoms with Gasteiger partial charge < -0.3 is 5.73 Å². The predicted octanol–water partition coefficient (Wildman–Crippen LogP) is 1.87. The normalized spacial score (nSPS) is 18.3. The van der Waals surface area contributed by atoms with Gasteiger partial charge in [-0.05, 0) is 17.0 Å². The summed E-state index contributed by atoms with van der Waals surface area (Å²) in [5, 5.41) is 0. The van der Waals surface area contributed by atoms with Crippen LogP contribution in [0.1, 0.15) is 32.8 Å². The summed E-state index contributed by atoms with van der Waals surface area (Å²) in [6.07, 6.45) is 0.909. The molecule has 0 radical (unpaired) electrons. The van der Waals surface area contributed by atoms with E-state index in [9.17, 15) is 9.59 Å². The number of carbonyl (C=O) groups is 2. The minimum absolute atomic E-state index is 0.0405. The van der Waals surface area contributed by atoms with Crippen molar-refractivity contribution in [3.8, 4) is 0 Å². The maximum absolute atomic E-state index is 12.5. The van der Waals surface area contributed by atoms with Crippen molar-refractivity contribution in [2.24, 2.45) is 11.1 Å². The van der Waals surface area contributed by atoms with Crippen LogP contribution in [0.15, 0.2) is 24.3 Å². The zero-order chi connectivity index (χ0) is 14.2. The maximum atomic E-state index is 12.5. The lowest BCUT2D eigenvalue weighted by Gasteiger charge is -2.27. The Morgan fingerprint density at radius 2 is 1.95 bits per heavy atom. The number of hydrogen-bond acceptors (Lipinski definition) is 2. The zero-order valence-corrected chi connectivity index (χ0v) is 11.6. The molecule has 1 aliphatic rings. The van der Waals surface area contributed by atoms with Crippen molar-refractivity contribution >= 4 is 17.5 Å². The minimum Gasteiger partial charge on any atom is -0.368 e. The average Bonchev–Trinajstić information content (AvgIpc) is 2.65. The van der Waals surface area contributed by atoms with Crippen LogP contribution in [-0.4, -0.2) is 17.9 Å². The van der Waals surface area contributed by atoms with Gasteiger partial charge in [-0.1, -0.05) is 39.0 Å². The summed E-state index contributed by atoms with van der Waals surface area (Å²) in [6, 6.07) is 7.05. The van der Waals surface area contributed by atoms with E-state index in [1.54, 1.807) is 4.90 Å². The fraction of sp³-hybridized carbons (Fsp3) is 0.467. The Morgan fingerprint density at radius 3 is 2.53 bits per heavy atom. The largest absolute Gasteiger partial charge is 0.368 e. The number of carbonyl (C=O) groups excluding carboxylic acids is 2. The number of rotatable bonds is 2. The van der Waals surface area contributed by atoms with Crippen molar-refractivity contribution in [2.45, 2.75) is 39.7 Å². The highest BCUT2D eigenvalue weighted by Crippen LogP contribution is 2.34. The number of anilines is 1. The summed E-state index contributed by atoms with van der Waals surface area (Å²) in [5.41, 5.74) is 7.15. The Kier molecular flexibility index (Phi) is 3.35. The highest BCUT2D eigenvalue weighted by atomic mass is 16.2. The van der Waals surface area contributed by atoms with Crippen molar-refractivity contribution in [2.75, 3.05) is 4.90 Å². The molecule has 2 amide bonds. The molecule has 0 fully saturated rings. The molecule has 1 aromatic carbocycles. The van der Waals surface area contributed by atoms with Gasteiger partial charge in [0.2, 0.25) is 11.8 Å². The molecular formula is C15H20N2O2. The molecule has 2 N–H and O–H groups in total. The maximum Gasteiger partial charge on any atom is 0.240 e. The Bertz CT molecular complexity index is 517. The molecule has 4 nitrogen and oxygen atoms in total. The van der Waals surface area contributed by atoms with Crippen molar-refractivity contribution in [3.05, 3.63) is 29.8 Å². The monoisotopic (exact) mass is 260 g/mol. The molecule has 0 aliphatic carbocycles. The molecule has 4 heteroatoms. The smallest absolute Gasteiger partial charge is 0.240 e. The van der Waals surface area contributed by atoms with Gasteiger partial charge >= 0.3 is 0 Å². The predicted molar refractivity (Wildman–Crippen MR) is 74.7 cm³/mol. The lowest BCUT2D eigenvalue weighted by molar-refractivity contribution is -0.125. The van der Waals surface area contributed by atoms with Crippen molar-refractivity contribution in [1.29, 1.82) is 0 Å². The van der Waals surface area contributed by atoms with Gasteiger partial charge in [0.15, 0.2) is 0 Å². The molecule has 0 bridgehead atoms. The first-order valence-electron chi connectivity index (χ1n) is 6.49. The van der Waals surface area contributed by atoms with Crippen LogP contribution in [0.3, 0.4) is 0 Å². The highest BCUT2D eigenvalue weighted by Gasteiger charge is 2.37. The van der Waals surface area contributed by atoms with E-state index in [2.05, 4.69) is 0 Å². The third-order valence-corrected chi connectivity index (χ3v) is 3.25. The fourth-order valence-corrected chi connectivity index (χ4v) is 2.46. The highest BCUT2D eigenvalue weighted by molar-refractivity contribution is 6.03. The summed E-state index contributed by atoms with van der Waals surface area (Å²) in [4.78, 5) is 25.6. The number of amides is 2. The Morgan fingerprint density at radius 1 is 1.32 bits per heavy atom. The van der Waals surface area contributed by atoms with E-state index in [1.165, 1.54) is 0 Å². The van der Waals surface area contributed by atoms with Gasteiger partial charge in [0.1, 0.15) is 6.04 Å². The van der Waals surface area contributed by atoms with Gasteiger partial charge in [-0.25, -0.2) is 0 Å². The van der Waals surface area contributed by atoms with E-state index in [-0.39, 0.29) is 11.3 Å². The summed E-state index contributed by atoms with van der Waals surface area (Å²) in [6.45, 7) is 6.02. The molecule has 0 saturated carbocycles. The molecular weight excluding hydrogens is 240 g/mol. The van der Waals surface area contributed by atoms with Crippen LogP contribution in [0.25, 0.3) is 0 Å². The van der Waals surface area contributed by atoms with E-state index in [4.69, 9.17) is 5.73 Å². The molecule has 1 atom stereocenters. The molecule has 2 rings (SSSR count). The molecule has 19 heavy (non-hydrogen) atoms. The summed E-state index contributed by atoms with van der Waals surface area (Å²) in [7, 11) is 0. The average molecular weight is 260 g/mol. The lowest BCUT2D eigenvalue weighted by atomic mass is 9.91. The van der Waals surface area contributed by atoms with Crippen molar-refractivity contribution < 1.29 is 9.59 Å². The number of nitrogens with zero attached hydrogens (tertiary/aromatic N) is 1. The summed E-state index contributed by atoms with van der Waals surface area (Å²) < 4.78 is 0. The number of nitrogens with two attached hydrogens (primary N) is 1. The van der Waals surface area contributed by atoms with Crippen LogP contribution in [0.2, 0.25) is 0 Å². The topological polar surface area (TPSA) is 63.4 Å². The third-order valence-electron chi connectivity index (χ3n) is 3.25. The van der Waals surface area contributed by atoms with Gasteiger partial charge in [-0.3, -0.25) is 14.5 Å². The molecule has 0 saturated heterocycles. The van der Waals surface area contributed by atoms with E-state index < -0.39 is 11.9 Å². The number of fused-ring (bicyclic) bond motifs is 1. The molecule has 1 unspecified atom stereocenters. The molecule has 1 aromatic rings. The van der Waals surface area contributed by atoms with Gasteiger partial charge in [0, 0.05) is 18.5 Å². The van der Waals surface area contributed by atoms with E-state index in [0.717, 1.165) is 11.3 Å². The standard InChI is InChI=1S/C15H20N2O2/c1-15(2,3)9-13(18)17-11-7-5-4-6-10(11)8-12(17)14(16)19/h4-7,12H,8-9H2,1-3H3,(H2,16,19). The van der Waals surface area contributed by atoms with Crippen molar-refractivity contribution in [1.82, 2.24) is 0 Å². The fourth-order valence-electron chi connectivity index (χ4n) is 2.46. The minimum atomic E-state index is -0.549. The van der Waals surface area contributed by atoms with E-state index in [1.807, 2.05) is 45.0 Å². The first-order chi connectivity index (χ1) is 8.79. The van der Waals surface area contributed by atoms with E-state index in [0.29, 0.717) is 12.8 Å². The van der Waals surface area contributed by atoms with Gasteiger partial charge in [-0.15, -0.1) is 0 Å². The van der Waals surface area contributed by atoms with Crippen LogP contribution >= 0.6 is 0 Å². The number of para-hydroxylation sites is 1. The Labute approximate surface area is 113 Å². The number of benzene rings is 1. The van der Waals surface area contributed by atoms with Crippen molar-refractivity contribution in [3.63, 3.8) is 0 Å². The van der Waals surface area contributed by atoms with Gasteiger partial charge in [-0.2, -0.15) is 0 Å². The van der Waals surface area contributed by atoms with E-state index >= 15 is 0 Å². The van der Waals surface area contributed by atoms with Crippen LogP contribution in [0, 0.1) is 5.41 Å². The summed E-state index contributed by atoms with van der Waals surface area (Å²) in [5.74, 6) is -0.486. The van der Waals surface area contributed by atoms with Crippen LogP contribution in [-0.2, 0) is 16.0 Å². The molecule has 102 valence electrons. The Balaban J connectivity index is 2.34. The summed E-state index contributed by atoms with van der Waals surface area (Å²) >= 11 is 0. The number of hydrogen-bond donors (Lipinski definition) is 1. The molecule has 0 spiro atoms. The zero-order valence-electron chi connectivity index (χ0n) is 11.6. The first-order valence-corrected chi connectivity index (χ1v) is 6.49. The van der Waals surface area contributed by atoms with Gasteiger partial charge in [0.25, 0.3) is 0 Å². The second kappa shape index (κ2) is 4.68.